The Morgan fingerprint density at radius 2 is 1.88 bits per heavy atom. The normalized spacial score (nSPS) is 19.4. The molecule has 2 aromatic carbocycles. The number of aryl methyl sites for hydroxylation is 1. The number of carbonyl (C=O) groups excluding carboxylic acids is 1. The van der Waals surface area contributed by atoms with Gasteiger partial charge in [-0.2, -0.15) is 9.78 Å². The van der Waals surface area contributed by atoms with E-state index >= 15 is 0 Å². The number of Topliss-reactive ketones (excluding diaryl/α,β-unsaturated/α-hetero) is 1. The third-order valence-electron chi connectivity index (χ3n) is 6.54. The van der Waals surface area contributed by atoms with Crippen molar-refractivity contribution in [2.24, 2.45) is 5.41 Å². The molecule has 6 rings (SSSR count). The maximum Gasteiger partial charge on any atom is 0.213 e. The molecule has 1 aliphatic carbocycles. The summed E-state index contributed by atoms with van der Waals surface area (Å²) in [6.45, 7) is 6.31. The van der Waals surface area contributed by atoms with Crippen molar-refractivity contribution in [3.63, 3.8) is 0 Å². The van der Waals surface area contributed by atoms with E-state index in [1.54, 1.807) is 11.3 Å². The molecule has 1 unspecified atom stereocenters. The minimum atomic E-state index is -0.180. The Bertz CT molecular complexity index is 1430. The van der Waals surface area contributed by atoms with Gasteiger partial charge in [0.05, 0.1) is 15.9 Å². The summed E-state index contributed by atoms with van der Waals surface area (Å²) >= 11 is 7.81. The number of hydrogen-bond donors (Lipinski definition) is 1. The Morgan fingerprint density at radius 3 is 2.64 bits per heavy atom. The third-order valence-corrected chi connectivity index (χ3v) is 7.80. The number of rotatable bonds is 2. The first kappa shape index (κ1) is 20.6. The first-order valence-corrected chi connectivity index (χ1v) is 12.2. The van der Waals surface area contributed by atoms with Crippen LogP contribution in [0.3, 0.4) is 0 Å². The second kappa shape index (κ2) is 7.27. The molecule has 0 radical (unpaired) electrons. The molecular weight excluding hydrogens is 452 g/mol. The van der Waals surface area contributed by atoms with Crippen molar-refractivity contribution in [1.29, 1.82) is 0 Å². The summed E-state index contributed by atoms with van der Waals surface area (Å²) in [5.74, 6) is 0.919. The van der Waals surface area contributed by atoms with E-state index in [9.17, 15) is 4.79 Å². The smallest absolute Gasteiger partial charge is 0.213 e. The molecule has 1 aliphatic heterocycles. The summed E-state index contributed by atoms with van der Waals surface area (Å²) in [6.07, 6.45) is 1.35. The van der Waals surface area contributed by atoms with Crippen LogP contribution in [0.4, 0.5) is 5.82 Å². The van der Waals surface area contributed by atoms with Gasteiger partial charge in [-0.1, -0.05) is 61.1 Å². The number of aromatic nitrogens is 3. The Hall–Kier alpha value is -2.96. The van der Waals surface area contributed by atoms with E-state index in [0.717, 1.165) is 55.7 Å². The molecular formula is C26H23ClN4OS. The summed E-state index contributed by atoms with van der Waals surface area (Å²) in [6, 6.07) is 15.9. The number of fused-ring (bicyclic) bond motifs is 2. The molecule has 7 heteroatoms. The Balaban J connectivity index is 1.58. The van der Waals surface area contributed by atoms with Crippen molar-refractivity contribution in [3.8, 4) is 5.13 Å². The number of para-hydroxylation sites is 1. The lowest BCUT2D eigenvalue weighted by Crippen LogP contribution is -2.34. The lowest BCUT2D eigenvalue weighted by Gasteiger charge is -2.38. The third kappa shape index (κ3) is 3.31. The molecule has 0 bridgehead atoms. The fourth-order valence-corrected chi connectivity index (χ4v) is 6.20. The van der Waals surface area contributed by atoms with Gasteiger partial charge < -0.3 is 5.32 Å². The molecule has 0 spiro atoms. The van der Waals surface area contributed by atoms with Crippen LogP contribution in [-0.2, 0) is 4.79 Å². The van der Waals surface area contributed by atoms with Gasteiger partial charge in [0, 0.05) is 34.2 Å². The fraction of sp³-hybridized carbons (Fsp3) is 0.269. The quantitative estimate of drug-likeness (QED) is 0.353. The lowest BCUT2D eigenvalue weighted by molar-refractivity contribution is -0.118. The molecule has 1 N–H and O–H groups in total. The van der Waals surface area contributed by atoms with E-state index < -0.39 is 0 Å². The van der Waals surface area contributed by atoms with Crippen LogP contribution >= 0.6 is 22.9 Å². The van der Waals surface area contributed by atoms with Crippen molar-refractivity contribution >= 4 is 44.8 Å². The van der Waals surface area contributed by atoms with Crippen LogP contribution in [0.5, 0.6) is 0 Å². The Labute approximate surface area is 201 Å². The Kier molecular flexibility index (Phi) is 4.55. The molecule has 4 aromatic rings. The van der Waals surface area contributed by atoms with Gasteiger partial charge in [-0.25, -0.2) is 4.98 Å². The number of hydrogen-bond acceptors (Lipinski definition) is 5. The van der Waals surface area contributed by atoms with E-state index in [1.165, 1.54) is 0 Å². The number of nitrogens with one attached hydrogen (secondary N) is 1. The van der Waals surface area contributed by atoms with Gasteiger partial charge in [0.25, 0.3) is 0 Å². The highest BCUT2D eigenvalue weighted by molar-refractivity contribution is 7.20. The number of halogens is 1. The highest BCUT2D eigenvalue weighted by Gasteiger charge is 2.43. The Morgan fingerprint density at radius 1 is 1.12 bits per heavy atom. The number of carbonyl (C=O) groups is 1. The van der Waals surface area contributed by atoms with Gasteiger partial charge in [-0.3, -0.25) is 4.79 Å². The van der Waals surface area contributed by atoms with Gasteiger partial charge >= 0.3 is 0 Å². The molecule has 33 heavy (non-hydrogen) atoms. The van der Waals surface area contributed by atoms with Crippen LogP contribution in [0.2, 0.25) is 5.02 Å². The van der Waals surface area contributed by atoms with Crippen LogP contribution < -0.4 is 5.32 Å². The molecule has 1 atom stereocenters. The highest BCUT2D eigenvalue weighted by atomic mass is 35.5. The van der Waals surface area contributed by atoms with Crippen LogP contribution in [0, 0.1) is 12.3 Å². The number of nitrogens with zero attached hydrogens (tertiary/aromatic N) is 3. The van der Waals surface area contributed by atoms with E-state index in [-0.39, 0.29) is 17.1 Å². The first-order chi connectivity index (χ1) is 15.8. The average molecular weight is 475 g/mol. The van der Waals surface area contributed by atoms with E-state index in [2.05, 4.69) is 25.2 Å². The molecule has 0 saturated carbocycles. The minimum absolute atomic E-state index is 0.0965. The van der Waals surface area contributed by atoms with Crippen LogP contribution in [0.15, 0.2) is 59.8 Å². The van der Waals surface area contributed by atoms with Crippen molar-refractivity contribution in [2.45, 2.75) is 39.5 Å². The zero-order chi connectivity index (χ0) is 22.9. The van der Waals surface area contributed by atoms with Crippen LogP contribution in [0.1, 0.15) is 49.4 Å². The standard InChI is InChI=1S/C26H23ClN4OS/c1-14-21-22(15-8-10-16(27)11-9-15)23-18(12-26(2,3)13-19(23)32)28-24(21)31(30-14)25-29-17-6-4-5-7-20(17)33-25/h4-11,22,28H,12-13H2,1-3H3. The van der Waals surface area contributed by atoms with E-state index in [1.807, 2.05) is 54.1 Å². The van der Waals surface area contributed by atoms with Crippen molar-refractivity contribution in [2.75, 3.05) is 5.32 Å². The molecule has 3 heterocycles. The number of allylic oxidation sites excluding steroid dienone is 2. The van der Waals surface area contributed by atoms with Gasteiger partial charge in [0.2, 0.25) is 5.13 Å². The van der Waals surface area contributed by atoms with Crippen molar-refractivity contribution in [3.05, 3.63) is 81.6 Å². The number of ketones is 1. The molecule has 5 nitrogen and oxygen atoms in total. The lowest BCUT2D eigenvalue weighted by atomic mass is 9.69. The first-order valence-electron chi connectivity index (χ1n) is 11.0. The number of anilines is 1. The number of thiazole rings is 1. The monoisotopic (exact) mass is 474 g/mol. The van der Waals surface area contributed by atoms with Gasteiger partial charge in [0.15, 0.2) is 5.78 Å². The molecule has 0 amide bonds. The van der Waals surface area contributed by atoms with E-state index in [4.69, 9.17) is 21.7 Å². The number of benzene rings is 2. The minimum Gasteiger partial charge on any atom is -0.343 e. The second-order valence-corrected chi connectivity index (χ2v) is 11.1. The molecule has 2 aliphatic rings. The fourth-order valence-electron chi connectivity index (χ4n) is 5.15. The average Bonchev–Trinajstić information content (AvgIpc) is 3.33. The predicted molar refractivity (Wildman–Crippen MR) is 133 cm³/mol. The molecule has 0 fully saturated rings. The predicted octanol–water partition coefficient (Wildman–Crippen LogP) is 6.64. The molecule has 166 valence electrons. The second-order valence-electron chi connectivity index (χ2n) is 9.67. The van der Waals surface area contributed by atoms with Gasteiger partial charge in [0.1, 0.15) is 5.82 Å². The maximum atomic E-state index is 13.4. The van der Waals surface area contributed by atoms with Gasteiger partial charge in [-0.05, 0) is 48.6 Å². The van der Waals surface area contributed by atoms with Crippen molar-refractivity contribution in [1.82, 2.24) is 14.8 Å². The SMILES string of the molecule is Cc1nn(-c2nc3ccccc3s2)c2c1C(c1ccc(Cl)cc1)C1=C(CC(C)(C)CC1=O)N2. The summed E-state index contributed by atoms with van der Waals surface area (Å²) in [5, 5.41) is 10.0. The highest BCUT2D eigenvalue weighted by Crippen LogP contribution is 2.50. The van der Waals surface area contributed by atoms with Crippen LogP contribution in [0.25, 0.3) is 15.3 Å². The van der Waals surface area contributed by atoms with Gasteiger partial charge in [-0.15, -0.1) is 0 Å². The molecule has 2 aromatic heterocycles. The van der Waals surface area contributed by atoms with Crippen LogP contribution in [-0.4, -0.2) is 20.5 Å². The zero-order valence-corrected chi connectivity index (χ0v) is 20.2. The summed E-state index contributed by atoms with van der Waals surface area (Å²) in [7, 11) is 0. The largest absolute Gasteiger partial charge is 0.343 e. The summed E-state index contributed by atoms with van der Waals surface area (Å²) < 4.78 is 3.03. The van der Waals surface area contributed by atoms with Crippen molar-refractivity contribution < 1.29 is 4.79 Å². The maximum absolute atomic E-state index is 13.4. The summed E-state index contributed by atoms with van der Waals surface area (Å²) in [5.41, 5.74) is 5.68. The van der Waals surface area contributed by atoms with E-state index in [0.29, 0.717) is 11.4 Å². The topological polar surface area (TPSA) is 59.8 Å². The zero-order valence-electron chi connectivity index (χ0n) is 18.6. The molecule has 0 saturated heterocycles. The summed E-state index contributed by atoms with van der Waals surface area (Å²) in [4.78, 5) is 18.3.